The zero-order chi connectivity index (χ0) is 20.0. The Balaban J connectivity index is 2.05. The van der Waals surface area contributed by atoms with Crippen molar-refractivity contribution < 1.29 is 19.8 Å². The standard InChI is InChI=1S/C23H24O4/c1-15(21-10-8-20(9-11-21)14-17(3)23(26)27)12-18-4-6-19(7-5-18)13-16(2)22(24)25/h4-11,13-15H,12H2,1-3H3,(H,24,25)(H,26,27). The minimum Gasteiger partial charge on any atom is -0.478 e. The molecule has 0 saturated heterocycles. The average molecular weight is 364 g/mol. The first-order valence-electron chi connectivity index (χ1n) is 8.78. The number of hydrogen-bond donors (Lipinski definition) is 2. The van der Waals surface area contributed by atoms with E-state index in [-0.39, 0.29) is 0 Å². The Labute approximate surface area is 159 Å². The van der Waals surface area contributed by atoms with Gasteiger partial charge in [0.2, 0.25) is 0 Å². The summed E-state index contributed by atoms with van der Waals surface area (Å²) in [6, 6.07) is 15.8. The largest absolute Gasteiger partial charge is 0.478 e. The van der Waals surface area contributed by atoms with Gasteiger partial charge in [0.15, 0.2) is 0 Å². The third-order valence-corrected chi connectivity index (χ3v) is 4.47. The van der Waals surface area contributed by atoms with Crippen molar-refractivity contribution >= 4 is 24.1 Å². The number of carbonyl (C=O) groups is 2. The summed E-state index contributed by atoms with van der Waals surface area (Å²) in [4.78, 5) is 21.8. The van der Waals surface area contributed by atoms with E-state index in [0.29, 0.717) is 17.1 Å². The van der Waals surface area contributed by atoms with Crippen LogP contribution in [0.2, 0.25) is 0 Å². The second-order valence-corrected chi connectivity index (χ2v) is 6.78. The molecule has 27 heavy (non-hydrogen) atoms. The van der Waals surface area contributed by atoms with E-state index in [1.807, 2.05) is 48.5 Å². The lowest BCUT2D eigenvalue weighted by Gasteiger charge is -2.13. The Kier molecular flexibility index (Phi) is 6.72. The van der Waals surface area contributed by atoms with Crippen LogP contribution in [0.4, 0.5) is 0 Å². The Morgan fingerprint density at radius 2 is 1.22 bits per heavy atom. The van der Waals surface area contributed by atoms with E-state index in [1.165, 1.54) is 11.1 Å². The lowest BCUT2D eigenvalue weighted by atomic mass is 9.92. The molecule has 0 fully saturated rings. The molecule has 2 aromatic carbocycles. The van der Waals surface area contributed by atoms with Gasteiger partial charge in [0, 0.05) is 11.1 Å². The summed E-state index contributed by atoms with van der Waals surface area (Å²) in [6.45, 7) is 5.31. The zero-order valence-corrected chi connectivity index (χ0v) is 15.8. The highest BCUT2D eigenvalue weighted by Crippen LogP contribution is 2.22. The van der Waals surface area contributed by atoms with Gasteiger partial charge < -0.3 is 10.2 Å². The monoisotopic (exact) mass is 364 g/mol. The molecule has 0 radical (unpaired) electrons. The van der Waals surface area contributed by atoms with Crippen LogP contribution in [0.3, 0.4) is 0 Å². The molecule has 4 nitrogen and oxygen atoms in total. The first-order valence-corrected chi connectivity index (χ1v) is 8.78. The maximum absolute atomic E-state index is 10.9. The van der Waals surface area contributed by atoms with E-state index >= 15 is 0 Å². The molecule has 1 atom stereocenters. The molecule has 0 amide bonds. The van der Waals surface area contributed by atoms with Crippen LogP contribution in [-0.4, -0.2) is 22.2 Å². The normalized spacial score (nSPS) is 13.3. The predicted octanol–water partition coefficient (Wildman–Crippen LogP) is 5.01. The van der Waals surface area contributed by atoms with Gasteiger partial charge in [-0.2, -0.15) is 0 Å². The fourth-order valence-electron chi connectivity index (χ4n) is 2.77. The molecular formula is C23H24O4. The molecule has 2 N–H and O–H groups in total. The second-order valence-electron chi connectivity index (χ2n) is 6.78. The lowest BCUT2D eigenvalue weighted by molar-refractivity contribution is -0.133. The summed E-state index contributed by atoms with van der Waals surface area (Å²) in [5.74, 6) is -1.51. The van der Waals surface area contributed by atoms with E-state index < -0.39 is 11.9 Å². The molecule has 1 unspecified atom stereocenters. The first-order chi connectivity index (χ1) is 12.8. The molecule has 4 heteroatoms. The molecule has 140 valence electrons. The smallest absolute Gasteiger partial charge is 0.331 e. The molecule has 0 aliphatic rings. The Morgan fingerprint density at radius 1 is 0.815 bits per heavy atom. The van der Waals surface area contributed by atoms with Crippen molar-refractivity contribution in [1.29, 1.82) is 0 Å². The summed E-state index contributed by atoms with van der Waals surface area (Å²) < 4.78 is 0. The van der Waals surface area contributed by atoms with E-state index in [1.54, 1.807) is 26.0 Å². The van der Waals surface area contributed by atoms with Crippen molar-refractivity contribution in [1.82, 2.24) is 0 Å². The second kappa shape index (κ2) is 8.99. The molecule has 0 aliphatic carbocycles. The summed E-state index contributed by atoms with van der Waals surface area (Å²) >= 11 is 0. The van der Waals surface area contributed by atoms with Gasteiger partial charge in [-0.15, -0.1) is 0 Å². The SMILES string of the molecule is CC(=Cc1ccc(CC(C)c2ccc(C=C(C)C(=O)O)cc2)cc1)C(=O)O. The number of carboxylic acids is 2. The highest BCUT2D eigenvalue weighted by Gasteiger charge is 2.08. The van der Waals surface area contributed by atoms with E-state index in [4.69, 9.17) is 10.2 Å². The van der Waals surface area contributed by atoms with Gasteiger partial charge in [-0.05, 0) is 60.6 Å². The molecule has 2 rings (SSSR count). The van der Waals surface area contributed by atoms with Gasteiger partial charge in [-0.1, -0.05) is 55.5 Å². The summed E-state index contributed by atoms with van der Waals surface area (Å²) in [7, 11) is 0. The number of carboxylic acid groups (broad SMARTS) is 2. The molecule has 2 aromatic rings. The highest BCUT2D eigenvalue weighted by atomic mass is 16.4. The number of hydrogen-bond acceptors (Lipinski definition) is 2. The summed E-state index contributed by atoms with van der Waals surface area (Å²) in [6.07, 6.45) is 4.17. The van der Waals surface area contributed by atoms with Crippen LogP contribution in [0.25, 0.3) is 12.2 Å². The van der Waals surface area contributed by atoms with Crippen LogP contribution >= 0.6 is 0 Å². The van der Waals surface area contributed by atoms with Crippen LogP contribution in [-0.2, 0) is 16.0 Å². The quantitative estimate of drug-likeness (QED) is 0.677. The van der Waals surface area contributed by atoms with Crippen molar-refractivity contribution in [2.45, 2.75) is 33.1 Å². The van der Waals surface area contributed by atoms with Gasteiger partial charge in [0.25, 0.3) is 0 Å². The molecule has 0 aliphatic heterocycles. The lowest BCUT2D eigenvalue weighted by Crippen LogP contribution is -1.99. The van der Waals surface area contributed by atoms with Gasteiger partial charge in [0.05, 0.1) is 0 Å². The number of rotatable bonds is 7. The van der Waals surface area contributed by atoms with Crippen LogP contribution in [0, 0.1) is 0 Å². The van der Waals surface area contributed by atoms with Crippen LogP contribution in [0.5, 0.6) is 0 Å². The van der Waals surface area contributed by atoms with Gasteiger partial charge in [0.1, 0.15) is 0 Å². The molecular weight excluding hydrogens is 340 g/mol. The highest BCUT2D eigenvalue weighted by molar-refractivity contribution is 5.91. The molecule has 0 heterocycles. The average Bonchev–Trinajstić information content (AvgIpc) is 2.63. The van der Waals surface area contributed by atoms with Crippen molar-refractivity contribution in [2.24, 2.45) is 0 Å². The fourth-order valence-corrected chi connectivity index (χ4v) is 2.77. The minimum absolute atomic E-state index is 0.308. The van der Waals surface area contributed by atoms with Crippen LogP contribution < -0.4 is 0 Å². The number of benzene rings is 2. The number of aliphatic carboxylic acids is 2. The Morgan fingerprint density at radius 3 is 1.63 bits per heavy atom. The van der Waals surface area contributed by atoms with Crippen molar-refractivity contribution in [2.75, 3.05) is 0 Å². The topological polar surface area (TPSA) is 74.6 Å². The van der Waals surface area contributed by atoms with Crippen LogP contribution in [0.15, 0.2) is 59.7 Å². The maximum atomic E-state index is 10.9. The predicted molar refractivity (Wildman–Crippen MR) is 108 cm³/mol. The molecule has 0 saturated carbocycles. The van der Waals surface area contributed by atoms with E-state index in [9.17, 15) is 9.59 Å². The van der Waals surface area contributed by atoms with Gasteiger partial charge >= 0.3 is 11.9 Å². The van der Waals surface area contributed by atoms with Crippen molar-refractivity contribution in [3.8, 4) is 0 Å². The third-order valence-electron chi connectivity index (χ3n) is 4.47. The molecule has 0 aromatic heterocycles. The van der Waals surface area contributed by atoms with Gasteiger partial charge in [-0.3, -0.25) is 0 Å². The van der Waals surface area contributed by atoms with Crippen molar-refractivity contribution in [3.05, 3.63) is 81.9 Å². The summed E-state index contributed by atoms with van der Waals surface area (Å²) in [5.41, 5.74) is 4.72. The maximum Gasteiger partial charge on any atom is 0.331 e. The van der Waals surface area contributed by atoms with Crippen molar-refractivity contribution in [3.63, 3.8) is 0 Å². The van der Waals surface area contributed by atoms with E-state index in [2.05, 4.69) is 6.92 Å². The minimum atomic E-state index is -0.913. The Hall–Kier alpha value is -3.14. The molecule has 0 bridgehead atoms. The van der Waals surface area contributed by atoms with Crippen LogP contribution in [0.1, 0.15) is 48.9 Å². The molecule has 0 spiro atoms. The fraction of sp³-hybridized carbons (Fsp3) is 0.217. The van der Waals surface area contributed by atoms with Gasteiger partial charge in [-0.25, -0.2) is 9.59 Å². The third kappa shape index (κ3) is 5.96. The zero-order valence-electron chi connectivity index (χ0n) is 15.8. The first kappa shape index (κ1) is 20.2. The van der Waals surface area contributed by atoms with E-state index in [0.717, 1.165) is 17.5 Å². The summed E-state index contributed by atoms with van der Waals surface area (Å²) in [5, 5.41) is 17.9. The Bertz CT molecular complexity index is 872.